The van der Waals surface area contributed by atoms with Gasteiger partial charge in [-0.2, -0.15) is 0 Å². The Hall–Kier alpha value is -1.50. The number of esters is 1. The number of aliphatic imine (C=N–C) groups is 1. The zero-order chi connectivity index (χ0) is 18.0. The van der Waals surface area contributed by atoms with Crippen LogP contribution in [0.1, 0.15) is 51.0 Å². The Labute approximate surface area is 161 Å². The minimum atomic E-state index is -0.512. The van der Waals surface area contributed by atoms with Crippen molar-refractivity contribution in [3.05, 3.63) is 44.7 Å². The zero-order valence-corrected chi connectivity index (χ0v) is 16.7. The summed E-state index contributed by atoms with van der Waals surface area (Å²) in [6.07, 6.45) is 2.85. The van der Waals surface area contributed by atoms with Crippen molar-refractivity contribution in [3.63, 3.8) is 0 Å². The Kier molecular flexibility index (Phi) is 5.71. The second kappa shape index (κ2) is 7.81. The number of rotatable bonds is 4. The maximum absolute atomic E-state index is 12.8. The molecule has 0 saturated heterocycles. The lowest BCUT2D eigenvalue weighted by Gasteiger charge is -2.35. The van der Waals surface area contributed by atoms with Crippen LogP contribution in [0.5, 0.6) is 0 Å². The highest BCUT2D eigenvalue weighted by Gasteiger charge is 2.44. The fraction of sp³-hybridized carbons (Fsp3) is 0.450. The molecule has 0 spiro atoms. The SMILES string of the molecule is CCOC(=O)C1C(CC)=NC2=C(C(=O)CCC2)[C@H]1c1ccccc1I. The van der Waals surface area contributed by atoms with Crippen LogP contribution in [0.3, 0.4) is 0 Å². The fourth-order valence-electron chi connectivity index (χ4n) is 3.78. The fourth-order valence-corrected chi connectivity index (χ4v) is 4.51. The Morgan fingerprint density at radius 3 is 2.72 bits per heavy atom. The van der Waals surface area contributed by atoms with Gasteiger partial charge in [0.25, 0.3) is 0 Å². The van der Waals surface area contributed by atoms with E-state index in [4.69, 9.17) is 9.73 Å². The van der Waals surface area contributed by atoms with Gasteiger partial charge >= 0.3 is 5.97 Å². The number of ether oxygens (including phenoxy) is 1. The lowest BCUT2D eigenvalue weighted by Crippen LogP contribution is -2.38. The van der Waals surface area contributed by atoms with E-state index in [0.717, 1.165) is 39.0 Å². The number of hydrogen-bond donors (Lipinski definition) is 0. The smallest absolute Gasteiger partial charge is 0.315 e. The molecule has 0 radical (unpaired) electrons. The molecule has 3 rings (SSSR count). The molecule has 0 N–H and O–H groups in total. The van der Waals surface area contributed by atoms with Crippen LogP contribution in [0, 0.1) is 9.49 Å². The Balaban J connectivity index is 2.20. The van der Waals surface area contributed by atoms with E-state index in [9.17, 15) is 9.59 Å². The minimum Gasteiger partial charge on any atom is -0.465 e. The maximum atomic E-state index is 12.8. The molecule has 0 aromatic heterocycles. The molecule has 0 bridgehead atoms. The molecule has 1 unspecified atom stereocenters. The van der Waals surface area contributed by atoms with Gasteiger partial charge in [-0.1, -0.05) is 25.1 Å². The number of halogens is 1. The van der Waals surface area contributed by atoms with Gasteiger partial charge in [-0.05, 0) is 60.4 Å². The number of benzene rings is 1. The number of carbonyl (C=O) groups excluding carboxylic acids is 2. The van der Waals surface area contributed by atoms with Gasteiger partial charge in [-0.15, -0.1) is 0 Å². The standard InChI is InChI=1S/C20H22INO3/c1-3-14-19(20(24)25-4-2)17(12-8-5-6-9-13(12)21)18-15(22-14)10-7-11-16(18)23/h5-6,8-9,17,19H,3-4,7,10-11H2,1-2H3/t17-,19?/m1/s1. The van der Waals surface area contributed by atoms with Gasteiger partial charge in [0, 0.05) is 32.9 Å². The molecule has 1 aliphatic carbocycles. The lowest BCUT2D eigenvalue weighted by atomic mass is 9.71. The molecule has 1 aliphatic heterocycles. The molecule has 2 atom stereocenters. The van der Waals surface area contributed by atoms with E-state index in [1.807, 2.05) is 31.2 Å². The summed E-state index contributed by atoms with van der Waals surface area (Å²) in [7, 11) is 0. The molecule has 5 heteroatoms. The first kappa shape index (κ1) is 18.3. The van der Waals surface area contributed by atoms with Gasteiger partial charge in [0.2, 0.25) is 0 Å². The summed E-state index contributed by atoms with van der Waals surface area (Å²) in [4.78, 5) is 30.3. The molecule has 1 aromatic rings. The molecule has 0 saturated carbocycles. The molecule has 2 aliphatic rings. The summed E-state index contributed by atoms with van der Waals surface area (Å²) in [5, 5.41) is 0. The Bertz CT molecular complexity index is 766. The van der Waals surface area contributed by atoms with Gasteiger partial charge in [-0.3, -0.25) is 14.6 Å². The van der Waals surface area contributed by atoms with Crippen LogP contribution >= 0.6 is 22.6 Å². The van der Waals surface area contributed by atoms with Gasteiger partial charge in [-0.25, -0.2) is 0 Å². The van der Waals surface area contributed by atoms with E-state index < -0.39 is 5.92 Å². The number of carbonyl (C=O) groups is 2. The molecule has 0 fully saturated rings. The van der Waals surface area contributed by atoms with Crippen molar-refractivity contribution < 1.29 is 14.3 Å². The quantitative estimate of drug-likeness (QED) is 0.503. The van der Waals surface area contributed by atoms with Gasteiger partial charge in [0.1, 0.15) is 5.92 Å². The summed E-state index contributed by atoms with van der Waals surface area (Å²) < 4.78 is 6.42. The van der Waals surface area contributed by atoms with Gasteiger partial charge in [0.15, 0.2) is 5.78 Å². The van der Waals surface area contributed by atoms with Crippen LogP contribution in [0.4, 0.5) is 0 Å². The minimum absolute atomic E-state index is 0.124. The first-order valence-electron chi connectivity index (χ1n) is 8.83. The van der Waals surface area contributed by atoms with E-state index in [1.165, 1.54) is 0 Å². The van der Waals surface area contributed by atoms with Crippen molar-refractivity contribution in [2.75, 3.05) is 6.61 Å². The summed E-state index contributed by atoms with van der Waals surface area (Å²) >= 11 is 2.28. The number of ketones is 1. The predicted molar refractivity (Wildman–Crippen MR) is 106 cm³/mol. The predicted octanol–water partition coefficient (Wildman–Crippen LogP) is 4.43. The second-order valence-corrected chi connectivity index (χ2v) is 7.48. The Morgan fingerprint density at radius 2 is 2.04 bits per heavy atom. The first-order valence-corrected chi connectivity index (χ1v) is 9.91. The van der Waals surface area contributed by atoms with Crippen LogP contribution in [-0.2, 0) is 14.3 Å². The van der Waals surface area contributed by atoms with Crippen LogP contribution in [0.2, 0.25) is 0 Å². The van der Waals surface area contributed by atoms with Crippen LogP contribution in [-0.4, -0.2) is 24.1 Å². The van der Waals surface area contributed by atoms with Crippen molar-refractivity contribution in [1.82, 2.24) is 0 Å². The van der Waals surface area contributed by atoms with Crippen LogP contribution in [0.15, 0.2) is 40.5 Å². The second-order valence-electron chi connectivity index (χ2n) is 6.32. The third-order valence-electron chi connectivity index (χ3n) is 4.85. The molecule has 1 heterocycles. The van der Waals surface area contributed by atoms with E-state index in [0.29, 0.717) is 19.4 Å². The third kappa shape index (κ3) is 3.43. The zero-order valence-electron chi connectivity index (χ0n) is 14.5. The van der Waals surface area contributed by atoms with E-state index in [1.54, 1.807) is 6.92 Å². The Morgan fingerprint density at radius 1 is 1.28 bits per heavy atom. The summed E-state index contributed by atoms with van der Waals surface area (Å²) in [5.74, 6) is -0.958. The number of hydrogen-bond acceptors (Lipinski definition) is 4. The number of nitrogens with zero attached hydrogens (tertiary/aromatic N) is 1. The molecule has 25 heavy (non-hydrogen) atoms. The maximum Gasteiger partial charge on any atom is 0.315 e. The highest BCUT2D eigenvalue weighted by Crippen LogP contribution is 2.45. The van der Waals surface area contributed by atoms with E-state index in [2.05, 4.69) is 22.6 Å². The summed E-state index contributed by atoms with van der Waals surface area (Å²) in [6, 6.07) is 7.97. The summed E-state index contributed by atoms with van der Waals surface area (Å²) in [5.41, 5.74) is 3.45. The van der Waals surface area contributed by atoms with Crippen molar-refractivity contribution >= 4 is 40.1 Å². The summed E-state index contributed by atoms with van der Waals surface area (Å²) in [6.45, 7) is 4.14. The average Bonchev–Trinajstić information content (AvgIpc) is 2.61. The number of Topliss-reactive ketones (excluding diaryl/α,β-unsaturated/α-hetero) is 1. The average molecular weight is 451 g/mol. The van der Waals surface area contributed by atoms with Crippen LogP contribution in [0.25, 0.3) is 0 Å². The van der Waals surface area contributed by atoms with Crippen molar-refractivity contribution in [3.8, 4) is 0 Å². The number of allylic oxidation sites excluding steroid dienone is 2. The molecular weight excluding hydrogens is 429 g/mol. The van der Waals surface area contributed by atoms with Gasteiger partial charge < -0.3 is 4.74 Å². The molecular formula is C20H22INO3. The first-order chi connectivity index (χ1) is 12.1. The topological polar surface area (TPSA) is 55.7 Å². The molecule has 4 nitrogen and oxygen atoms in total. The van der Waals surface area contributed by atoms with Crippen molar-refractivity contribution in [2.24, 2.45) is 10.9 Å². The monoisotopic (exact) mass is 451 g/mol. The molecule has 0 amide bonds. The highest BCUT2D eigenvalue weighted by molar-refractivity contribution is 14.1. The van der Waals surface area contributed by atoms with Gasteiger partial charge in [0.05, 0.1) is 6.61 Å². The molecule has 1 aromatic carbocycles. The van der Waals surface area contributed by atoms with E-state index >= 15 is 0 Å². The van der Waals surface area contributed by atoms with E-state index in [-0.39, 0.29) is 17.7 Å². The third-order valence-corrected chi connectivity index (χ3v) is 5.84. The largest absolute Gasteiger partial charge is 0.465 e. The van der Waals surface area contributed by atoms with Crippen LogP contribution < -0.4 is 0 Å². The highest BCUT2D eigenvalue weighted by atomic mass is 127. The molecule has 132 valence electrons. The van der Waals surface area contributed by atoms with Crippen molar-refractivity contribution in [1.29, 1.82) is 0 Å². The van der Waals surface area contributed by atoms with Crippen molar-refractivity contribution in [2.45, 2.75) is 45.4 Å². The lowest BCUT2D eigenvalue weighted by molar-refractivity contribution is -0.146. The normalized spacial score (nSPS) is 23.2.